The number of rotatable bonds is 7. The highest BCUT2D eigenvalue weighted by Gasteiger charge is 2.30. The average molecular weight is 301 g/mol. The first-order chi connectivity index (χ1) is 10.2. The number of thiophene rings is 1. The molecule has 2 aromatic heterocycles. The largest absolute Gasteiger partial charge is 0.349 e. The second-order valence-corrected chi connectivity index (χ2v) is 6.83. The molecule has 0 saturated heterocycles. The standard InChI is InChI=1S/C17H23N3S/c1-13(2)18-9-14-3-6-17(19-10-14)20(16-4-5-16)11-15-7-8-21-12-15/h3,6-8,10,12-13,16,18H,4-5,9,11H2,1-2H3. The second kappa shape index (κ2) is 6.58. The van der Waals surface area contributed by atoms with Gasteiger partial charge in [0.25, 0.3) is 0 Å². The van der Waals surface area contributed by atoms with Gasteiger partial charge in [-0.1, -0.05) is 19.9 Å². The number of nitrogens with one attached hydrogen (secondary N) is 1. The summed E-state index contributed by atoms with van der Waals surface area (Å²) in [5, 5.41) is 7.81. The fourth-order valence-electron chi connectivity index (χ4n) is 2.38. The Morgan fingerprint density at radius 3 is 2.71 bits per heavy atom. The molecule has 3 rings (SSSR count). The zero-order chi connectivity index (χ0) is 14.7. The third-order valence-corrected chi connectivity index (χ3v) is 4.47. The summed E-state index contributed by atoms with van der Waals surface area (Å²) in [5.74, 6) is 1.11. The van der Waals surface area contributed by atoms with Crippen LogP contribution in [0.4, 0.5) is 5.82 Å². The molecule has 1 aliphatic rings. The predicted octanol–water partition coefficient (Wildman–Crippen LogP) is 3.81. The molecule has 2 heterocycles. The van der Waals surface area contributed by atoms with E-state index in [0.29, 0.717) is 12.1 Å². The van der Waals surface area contributed by atoms with Crippen molar-refractivity contribution >= 4 is 17.2 Å². The summed E-state index contributed by atoms with van der Waals surface area (Å²) < 4.78 is 0. The van der Waals surface area contributed by atoms with Gasteiger partial charge < -0.3 is 10.2 Å². The molecule has 1 N–H and O–H groups in total. The van der Waals surface area contributed by atoms with Gasteiger partial charge in [-0.2, -0.15) is 11.3 Å². The van der Waals surface area contributed by atoms with Gasteiger partial charge in [-0.25, -0.2) is 4.98 Å². The van der Waals surface area contributed by atoms with Gasteiger partial charge >= 0.3 is 0 Å². The quantitative estimate of drug-likeness (QED) is 0.843. The summed E-state index contributed by atoms with van der Waals surface area (Å²) in [6.45, 7) is 6.19. The van der Waals surface area contributed by atoms with Crippen LogP contribution >= 0.6 is 11.3 Å². The number of pyridine rings is 1. The molecule has 0 amide bonds. The zero-order valence-electron chi connectivity index (χ0n) is 12.7. The molecule has 2 aromatic rings. The Morgan fingerprint density at radius 2 is 2.14 bits per heavy atom. The first-order valence-corrected chi connectivity index (χ1v) is 8.62. The zero-order valence-corrected chi connectivity index (χ0v) is 13.6. The molecule has 0 aliphatic heterocycles. The minimum atomic E-state index is 0.506. The summed E-state index contributed by atoms with van der Waals surface area (Å²) in [7, 11) is 0. The number of anilines is 1. The van der Waals surface area contributed by atoms with Gasteiger partial charge in [0.15, 0.2) is 0 Å². The molecule has 1 fully saturated rings. The molecular formula is C17H23N3S. The van der Waals surface area contributed by atoms with E-state index < -0.39 is 0 Å². The van der Waals surface area contributed by atoms with Crippen LogP contribution in [0.25, 0.3) is 0 Å². The van der Waals surface area contributed by atoms with Crippen molar-refractivity contribution in [3.05, 3.63) is 46.3 Å². The molecule has 0 bridgehead atoms. The summed E-state index contributed by atoms with van der Waals surface area (Å²) in [5.41, 5.74) is 2.64. The fourth-order valence-corrected chi connectivity index (χ4v) is 3.04. The van der Waals surface area contributed by atoms with Gasteiger partial charge in [-0.15, -0.1) is 0 Å². The lowest BCUT2D eigenvalue weighted by Gasteiger charge is -2.23. The van der Waals surface area contributed by atoms with E-state index in [-0.39, 0.29) is 0 Å². The van der Waals surface area contributed by atoms with Crippen LogP contribution in [0, 0.1) is 0 Å². The van der Waals surface area contributed by atoms with Crippen molar-refractivity contribution in [2.24, 2.45) is 0 Å². The van der Waals surface area contributed by atoms with Crippen molar-refractivity contribution in [2.45, 2.75) is 51.9 Å². The Hall–Kier alpha value is -1.39. The average Bonchev–Trinajstić information content (AvgIpc) is 3.20. The maximum Gasteiger partial charge on any atom is 0.129 e. The highest BCUT2D eigenvalue weighted by molar-refractivity contribution is 7.07. The van der Waals surface area contributed by atoms with E-state index in [2.05, 4.69) is 58.0 Å². The van der Waals surface area contributed by atoms with Crippen molar-refractivity contribution in [3.8, 4) is 0 Å². The van der Waals surface area contributed by atoms with Crippen molar-refractivity contribution in [1.82, 2.24) is 10.3 Å². The Morgan fingerprint density at radius 1 is 1.29 bits per heavy atom. The molecule has 3 nitrogen and oxygen atoms in total. The lowest BCUT2D eigenvalue weighted by atomic mass is 10.2. The van der Waals surface area contributed by atoms with E-state index in [1.54, 1.807) is 11.3 Å². The van der Waals surface area contributed by atoms with Gasteiger partial charge in [0.2, 0.25) is 0 Å². The fraction of sp³-hybridized carbons (Fsp3) is 0.471. The first kappa shape index (κ1) is 14.5. The molecule has 0 spiro atoms. The van der Waals surface area contributed by atoms with Crippen LogP contribution in [0.15, 0.2) is 35.2 Å². The second-order valence-electron chi connectivity index (χ2n) is 6.05. The topological polar surface area (TPSA) is 28.2 Å². The molecule has 0 aromatic carbocycles. The van der Waals surface area contributed by atoms with E-state index in [1.165, 1.54) is 24.0 Å². The van der Waals surface area contributed by atoms with E-state index >= 15 is 0 Å². The summed E-state index contributed by atoms with van der Waals surface area (Å²) in [6.07, 6.45) is 4.60. The maximum absolute atomic E-state index is 4.69. The van der Waals surface area contributed by atoms with Crippen LogP contribution in [0.5, 0.6) is 0 Å². The number of hydrogen-bond donors (Lipinski definition) is 1. The van der Waals surface area contributed by atoms with Crippen LogP contribution in [0.2, 0.25) is 0 Å². The summed E-state index contributed by atoms with van der Waals surface area (Å²) >= 11 is 1.77. The maximum atomic E-state index is 4.69. The molecule has 0 radical (unpaired) electrons. The van der Waals surface area contributed by atoms with Crippen molar-refractivity contribution in [3.63, 3.8) is 0 Å². The van der Waals surface area contributed by atoms with Gasteiger partial charge in [-0.3, -0.25) is 0 Å². The predicted molar refractivity (Wildman–Crippen MR) is 89.7 cm³/mol. The number of hydrogen-bond acceptors (Lipinski definition) is 4. The molecule has 1 saturated carbocycles. The number of nitrogens with zero attached hydrogens (tertiary/aromatic N) is 2. The Bertz CT molecular complexity index is 544. The smallest absolute Gasteiger partial charge is 0.129 e. The summed E-state index contributed by atoms with van der Waals surface area (Å²) in [6, 6.07) is 7.76. The molecule has 0 unspecified atom stereocenters. The van der Waals surface area contributed by atoms with E-state index in [1.807, 2.05) is 6.20 Å². The monoisotopic (exact) mass is 301 g/mol. The van der Waals surface area contributed by atoms with Gasteiger partial charge in [0, 0.05) is 31.4 Å². The number of aromatic nitrogens is 1. The van der Waals surface area contributed by atoms with Gasteiger partial charge in [-0.05, 0) is 46.9 Å². The Kier molecular flexibility index (Phi) is 4.56. The summed E-state index contributed by atoms with van der Waals surface area (Å²) in [4.78, 5) is 7.13. The van der Waals surface area contributed by atoms with Crippen molar-refractivity contribution in [2.75, 3.05) is 4.90 Å². The van der Waals surface area contributed by atoms with Crippen LogP contribution in [-0.2, 0) is 13.1 Å². The molecule has 4 heteroatoms. The van der Waals surface area contributed by atoms with Crippen LogP contribution in [-0.4, -0.2) is 17.1 Å². The van der Waals surface area contributed by atoms with E-state index in [9.17, 15) is 0 Å². The molecule has 1 aliphatic carbocycles. The SMILES string of the molecule is CC(C)NCc1ccc(N(Cc2ccsc2)C2CC2)nc1. The molecule has 112 valence electrons. The van der Waals surface area contributed by atoms with Crippen LogP contribution in [0.1, 0.15) is 37.8 Å². The Balaban J connectivity index is 1.68. The lowest BCUT2D eigenvalue weighted by molar-refractivity contribution is 0.588. The van der Waals surface area contributed by atoms with Crippen LogP contribution in [0.3, 0.4) is 0 Å². The highest BCUT2D eigenvalue weighted by atomic mass is 32.1. The van der Waals surface area contributed by atoms with Gasteiger partial charge in [0.1, 0.15) is 5.82 Å². The van der Waals surface area contributed by atoms with Crippen LogP contribution < -0.4 is 10.2 Å². The van der Waals surface area contributed by atoms with Crippen molar-refractivity contribution in [1.29, 1.82) is 0 Å². The van der Waals surface area contributed by atoms with Crippen molar-refractivity contribution < 1.29 is 0 Å². The first-order valence-electron chi connectivity index (χ1n) is 7.68. The van der Waals surface area contributed by atoms with Gasteiger partial charge in [0.05, 0.1) is 0 Å². The molecule has 0 atom stereocenters. The molecular weight excluding hydrogens is 278 g/mol. The highest BCUT2D eigenvalue weighted by Crippen LogP contribution is 2.32. The third-order valence-electron chi connectivity index (χ3n) is 3.74. The minimum absolute atomic E-state index is 0.506. The molecule has 21 heavy (non-hydrogen) atoms. The lowest BCUT2D eigenvalue weighted by Crippen LogP contribution is -2.26. The Labute approximate surface area is 131 Å². The normalized spacial score (nSPS) is 14.6. The third kappa shape index (κ3) is 4.05. The minimum Gasteiger partial charge on any atom is -0.349 e. The van der Waals surface area contributed by atoms with E-state index in [0.717, 1.165) is 18.9 Å². The van der Waals surface area contributed by atoms with E-state index in [4.69, 9.17) is 0 Å².